The van der Waals surface area contributed by atoms with Gasteiger partial charge >= 0.3 is 5.97 Å². The van der Waals surface area contributed by atoms with Crippen molar-refractivity contribution >= 4 is 34.2 Å². The second-order valence-electron chi connectivity index (χ2n) is 3.01. The number of carboxylic acids is 1. The van der Waals surface area contributed by atoms with Crippen LogP contribution in [0.25, 0.3) is 10.9 Å². The quantitative estimate of drug-likeness (QED) is 0.775. The molecule has 76 valence electrons. The Morgan fingerprint density at radius 1 is 1.40 bits per heavy atom. The van der Waals surface area contributed by atoms with Crippen molar-refractivity contribution in [3.63, 3.8) is 0 Å². The number of benzene rings is 1. The molecule has 4 nitrogen and oxygen atoms in total. The Hall–Kier alpha value is -1.81. The van der Waals surface area contributed by atoms with Crippen molar-refractivity contribution in [1.82, 2.24) is 4.98 Å². The number of anilines is 1. The van der Waals surface area contributed by atoms with Crippen molar-refractivity contribution in [3.05, 3.63) is 35.0 Å². The van der Waals surface area contributed by atoms with E-state index in [0.717, 1.165) is 0 Å². The third-order valence-electron chi connectivity index (χ3n) is 2.07. The molecule has 0 bridgehead atoms. The van der Waals surface area contributed by atoms with Gasteiger partial charge in [0.05, 0.1) is 16.2 Å². The number of nitrogen functional groups attached to an aromatic ring is 1. The Morgan fingerprint density at radius 2 is 2.07 bits per heavy atom. The molecule has 0 aliphatic carbocycles. The number of nitrogens with two attached hydrogens (primary N) is 1. The van der Waals surface area contributed by atoms with Gasteiger partial charge in [-0.1, -0.05) is 29.8 Å². The molecule has 1 heterocycles. The van der Waals surface area contributed by atoms with E-state index in [1.165, 1.54) is 0 Å². The summed E-state index contributed by atoms with van der Waals surface area (Å²) in [6, 6.07) is 6.98. The number of hydrogen-bond acceptors (Lipinski definition) is 3. The van der Waals surface area contributed by atoms with Crippen LogP contribution in [0.1, 0.15) is 10.5 Å². The number of hydrogen-bond donors (Lipinski definition) is 2. The number of rotatable bonds is 1. The van der Waals surface area contributed by atoms with E-state index in [1.54, 1.807) is 24.3 Å². The Bertz CT molecular complexity index is 554. The molecule has 1 aromatic carbocycles. The molecule has 0 radical (unpaired) electrons. The highest BCUT2D eigenvalue weighted by atomic mass is 35.5. The fourth-order valence-electron chi connectivity index (χ4n) is 1.35. The van der Waals surface area contributed by atoms with Gasteiger partial charge in [0, 0.05) is 5.39 Å². The number of fused-ring (bicyclic) bond motifs is 1. The van der Waals surface area contributed by atoms with Crippen molar-refractivity contribution in [1.29, 1.82) is 0 Å². The average molecular weight is 223 g/mol. The summed E-state index contributed by atoms with van der Waals surface area (Å²) in [5.74, 6) is -1.18. The van der Waals surface area contributed by atoms with E-state index in [2.05, 4.69) is 4.98 Å². The van der Waals surface area contributed by atoms with Crippen molar-refractivity contribution in [2.75, 3.05) is 5.73 Å². The van der Waals surface area contributed by atoms with E-state index >= 15 is 0 Å². The van der Waals surface area contributed by atoms with E-state index in [9.17, 15) is 4.79 Å². The minimum absolute atomic E-state index is 0.00265. The zero-order valence-corrected chi connectivity index (χ0v) is 8.32. The molecule has 0 saturated heterocycles. The number of aromatic nitrogens is 1. The standard InChI is InChI=1S/C10H7ClN2O2/c11-7-5-3-1-2-4-6(5)13-9(8(7)12)10(14)15/h1-4H,12H2,(H,14,15). The lowest BCUT2D eigenvalue weighted by Crippen LogP contribution is -2.06. The SMILES string of the molecule is Nc1c(C(=O)O)nc2ccccc2c1Cl. The largest absolute Gasteiger partial charge is 0.476 e. The lowest BCUT2D eigenvalue weighted by atomic mass is 10.1. The van der Waals surface area contributed by atoms with E-state index in [4.69, 9.17) is 22.4 Å². The average Bonchev–Trinajstić information content (AvgIpc) is 2.23. The summed E-state index contributed by atoms with van der Waals surface area (Å²) in [6.07, 6.45) is 0. The number of halogens is 1. The first-order valence-corrected chi connectivity index (χ1v) is 4.56. The number of carboxylic acid groups (broad SMARTS) is 1. The van der Waals surface area contributed by atoms with Crippen LogP contribution in [-0.4, -0.2) is 16.1 Å². The van der Waals surface area contributed by atoms with Crippen LogP contribution in [0.15, 0.2) is 24.3 Å². The first kappa shape index (κ1) is 9.73. The minimum atomic E-state index is -1.18. The van der Waals surface area contributed by atoms with Gasteiger partial charge in [0.15, 0.2) is 5.69 Å². The maximum Gasteiger partial charge on any atom is 0.356 e. The predicted molar refractivity (Wildman–Crippen MR) is 58.1 cm³/mol. The Labute approximate surface area is 90.3 Å². The van der Waals surface area contributed by atoms with Gasteiger partial charge in [0.25, 0.3) is 0 Å². The number of nitrogens with zero attached hydrogens (tertiary/aromatic N) is 1. The van der Waals surface area contributed by atoms with Gasteiger partial charge in [0.2, 0.25) is 0 Å². The van der Waals surface area contributed by atoms with Crippen molar-refractivity contribution in [3.8, 4) is 0 Å². The van der Waals surface area contributed by atoms with Crippen LogP contribution in [0.5, 0.6) is 0 Å². The minimum Gasteiger partial charge on any atom is -0.476 e. The molecule has 3 N–H and O–H groups in total. The van der Waals surface area contributed by atoms with Crippen molar-refractivity contribution in [2.45, 2.75) is 0 Å². The molecule has 2 rings (SSSR count). The smallest absolute Gasteiger partial charge is 0.356 e. The zero-order valence-electron chi connectivity index (χ0n) is 7.57. The fourth-order valence-corrected chi connectivity index (χ4v) is 1.60. The zero-order chi connectivity index (χ0) is 11.0. The van der Waals surface area contributed by atoms with Gasteiger partial charge in [-0.05, 0) is 6.07 Å². The lowest BCUT2D eigenvalue weighted by molar-refractivity contribution is 0.0692. The number of para-hydroxylation sites is 1. The molecule has 1 aromatic heterocycles. The van der Waals surface area contributed by atoms with E-state index in [-0.39, 0.29) is 16.4 Å². The molecule has 5 heteroatoms. The molecule has 0 spiro atoms. The highest BCUT2D eigenvalue weighted by molar-refractivity contribution is 6.38. The van der Waals surface area contributed by atoms with Crippen LogP contribution in [-0.2, 0) is 0 Å². The summed E-state index contributed by atoms with van der Waals surface area (Å²) in [5.41, 5.74) is 5.89. The molecular formula is C10H7ClN2O2. The highest BCUT2D eigenvalue weighted by Crippen LogP contribution is 2.29. The summed E-state index contributed by atoms with van der Waals surface area (Å²) in [5, 5.41) is 9.74. The first-order chi connectivity index (χ1) is 7.11. The molecule has 0 atom stereocenters. The van der Waals surface area contributed by atoms with Crippen LogP contribution in [0.4, 0.5) is 5.69 Å². The van der Waals surface area contributed by atoms with Crippen molar-refractivity contribution < 1.29 is 9.90 Å². The van der Waals surface area contributed by atoms with Gasteiger partial charge in [-0.3, -0.25) is 0 Å². The summed E-state index contributed by atoms with van der Waals surface area (Å²) in [6.45, 7) is 0. The first-order valence-electron chi connectivity index (χ1n) is 4.18. The van der Waals surface area contributed by atoms with Crippen LogP contribution in [0.3, 0.4) is 0 Å². The lowest BCUT2D eigenvalue weighted by Gasteiger charge is -2.06. The molecule has 0 aliphatic rings. The maximum atomic E-state index is 10.8. The third-order valence-corrected chi connectivity index (χ3v) is 2.47. The molecule has 0 amide bonds. The Balaban J connectivity index is 2.88. The monoisotopic (exact) mass is 222 g/mol. The molecule has 0 saturated carbocycles. The molecule has 0 unspecified atom stereocenters. The van der Waals surface area contributed by atoms with Crippen LogP contribution in [0.2, 0.25) is 5.02 Å². The molecule has 15 heavy (non-hydrogen) atoms. The number of pyridine rings is 1. The molecular weight excluding hydrogens is 216 g/mol. The third kappa shape index (κ3) is 1.49. The van der Waals surface area contributed by atoms with E-state index in [0.29, 0.717) is 10.9 Å². The van der Waals surface area contributed by atoms with Gasteiger partial charge in [0.1, 0.15) is 0 Å². The fraction of sp³-hybridized carbons (Fsp3) is 0. The highest BCUT2D eigenvalue weighted by Gasteiger charge is 2.15. The maximum absolute atomic E-state index is 10.8. The van der Waals surface area contributed by atoms with Crippen molar-refractivity contribution in [2.24, 2.45) is 0 Å². The van der Waals surface area contributed by atoms with Gasteiger partial charge in [-0.2, -0.15) is 0 Å². The summed E-state index contributed by atoms with van der Waals surface area (Å²) in [7, 11) is 0. The van der Waals surface area contributed by atoms with Gasteiger partial charge < -0.3 is 10.8 Å². The van der Waals surface area contributed by atoms with Crippen LogP contribution >= 0.6 is 11.6 Å². The molecule has 0 aliphatic heterocycles. The predicted octanol–water partition coefficient (Wildman–Crippen LogP) is 2.17. The normalized spacial score (nSPS) is 10.5. The number of aromatic carboxylic acids is 1. The Kier molecular flexibility index (Phi) is 2.21. The van der Waals surface area contributed by atoms with Crippen LogP contribution in [0, 0.1) is 0 Å². The number of carbonyl (C=O) groups is 1. The Morgan fingerprint density at radius 3 is 2.73 bits per heavy atom. The van der Waals surface area contributed by atoms with E-state index in [1.807, 2.05) is 0 Å². The molecule has 0 fully saturated rings. The van der Waals surface area contributed by atoms with Gasteiger partial charge in [-0.25, -0.2) is 9.78 Å². The molecule has 2 aromatic rings. The van der Waals surface area contributed by atoms with Crippen LogP contribution < -0.4 is 5.73 Å². The second kappa shape index (κ2) is 3.40. The van der Waals surface area contributed by atoms with Gasteiger partial charge in [-0.15, -0.1) is 0 Å². The second-order valence-corrected chi connectivity index (χ2v) is 3.39. The summed E-state index contributed by atoms with van der Waals surface area (Å²) >= 11 is 5.95. The topological polar surface area (TPSA) is 76.2 Å². The van der Waals surface area contributed by atoms with E-state index < -0.39 is 5.97 Å². The summed E-state index contributed by atoms with van der Waals surface area (Å²) < 4.78 is 0. The summed E-state index contributed by atoms with van der Waals surface area (Å²) in [4.78, 5) is 14.7.